The third-order valence-electron chi connectivity index (χ3n) is 3.04. The molecule has 2 unspecified atom stereocenters. The van der Waals surface area contributed by atoms with Crippen molar-refractivity contribution in [2.24, 2.45) is 5.73 Å². The van der Waals surface area contributed by atoms with E-state index in [2.05, 4.69) is 18.7 Å². The number of likely N-dealkylation sites (tertiary alicyclic amines) is 1. The number of amides is 1. The first-order chi connectivity index (χ1) is 6.15. The van der Waals surface area contributed by atoms with Gasteiger partial charge in [-0.25, -0.2) is 0 Å². The summed E-state index contributed by atoms with van der Waals surface area (Å²) in [6.45, 7) is 5.28. The number of rotatable bonds is 4. The predicted molar refractivity (Wildman–Crippen MR) is 53.3 cm³/mol. The van der Waals surface area contributed by atoms with E-state index in [0.717, 1.165) is 6.54 Å². The molecule has 0 radical (unpaired) electrons. The first kappa shape index (κ1) is 10.5. The SMILES string of the molecule is CCC1CCC(C)N1CCC(N)=O. The molecule has 2 atom stereocenters. The molecule has 0 aliphatic carbocycles. The van der Waals surface area contributed by atoms with E-state index in [1.54, 1.807) is 0 Å². The fraction of sp³-hybridized carbons (Fsp3) is 0.900. The van der Waals surface area contributed by atoms with Gasteiger partial charge in [0.25, 0.3) is 0 Å². The number of carbonyl (C=O) groups excluding carboxylic acids is 1. The third kappa shape index (κ3) is 2.69. The molecule has 1 saturated heterocycles. The number of hydrogen-bond acceptors (Lipinski definition) is 2. The van der Waals surface area contributed by atoms with Gasteiger partial charge in [-0.2, -0.15) is 0 Å². The lowest BCUT2D eigenvalue weighted by Crippen LogP contribution is -2.36. The van der Waals surface area contributed by atoms with E-state index in [1.165, 1.54) is 19.3 Å². The quantitative estimate of drug-likeness (QED) is 0.711. The highest BCUT2D eigenvalue weighted by molar-refractivity contribution is 5.73. The van der Waals surface area contributed by atoms with E-state index in [4.69, 9.17) is 5.73 Å². The van der Waals surface area contributed by atoms with Gasteiger partial charge in [-0.15, -0.1) is 0 Å². The molecule has 0 spiro atoms. The molecule has 0 saturated carbocycles. The van der Waals surface area contributed by atoms with E-state index < -0.39 is 0 Å². The summed E-state index contributed by atoms with van der Waals surface area (Å²) in [5, 5.41) is 0. The van der Waals surface area contributed by atoms with Crippen LogP contribution in [0, 0.1) is 0 Å². The second-order valence-electron chi connectivity index (χ2n) is 3.94. The van der Waals surface area contributed by atoms with Crippen LogP contribution < -0.4 is 5.73 Å². The molecule has 1 heterocycles. The van der Waals surface area contributed by atoms with Gasteiger partial charge in [0, 0.05) is 25.0 Å². The Morgan fingerprint density at radius 1 is 1.54 bits per heavy atom. The smallest absolute Gasteiger partial charge is 0.218 e. The maximum atomic E-state index is 10.7. The standard InChI is InChI=1S/C10H20N2O/c1-3-9-5-4-8(2)12(9)7-6-10(11)13/h8-9H,3-7H2,1-2H3,(H2,11,13). The van der Waals surface area contributed by atoms with Gasteiger partial charge in [0.05, 0.1) is 0 Å². The second-order valence-corrected chi connectivity index (χ2v) is 3.94. The van der Waals surface area contributed by atoms with Gasteiger partial charge in [0.15, 0.2) is 0 Å². The second kappa shape index (κ2) is 4.61. The van der Waals surface area contributed by atoms with Crippen molar-refractivity contribution in [2.75, 3.05) is 6.54 Å². The van der Waals surface area contributed by atoms with Gasteiger partial charge in [-0.3, -0.25) is 9.69 Å². The maximum absolute atomic E-state index is 10.7. The highest BCUT2D eigenvalue weighted by Gasteiger charge is 2.28. The molecule has 0 aromatic rings. The molecular weight excluding hydrogens is 164 g/mol. The average Bonchev–Trinajstić information content (AvgIpc) is 2.43. The fourth-order valence-corrected chi connectivity index (χ4v) is 2.21. The predicted octanol–water partition coefficient (Wildman–Crippen LogP) is 1.12. The molecule has 1 aliphatic heterocycles. The van der Waals surface area contributed by atoms with Gasteiger partial charge in [0.2, 0.25) is 5.91 Å². The van der Waals surface area contributed by atoms with Crippen molar-refractivity contribution in [1.82, 2.24) is 4.90 Å². The van der Waals surface area contributed by atoms with Gasteiger partial charge in [0.1, 0.15) is 0 Å². The van der Waals surface area contributed by atoms with Crippen LogP contribution in [0.25, 0.3) is 0 Å². The molecule has 1 rings (SSSR count). The summed E-state index contributed by atoms with van der Waals surface area (Å²) >= 11 is 0. The van der Waals surface area contributed by atoms with E-state index in [0.29, 0.717) is 18.5 Å². The maximum Gasteiger partial charge on any atom is 0.218 e. The van der Waals surface area contributed by atoms with Gasteiger partial charge in [-0.05, 0) is 26.2 Å². The lowest BCUT2D eigenvalue weighted by Gasteiger charge is -2.26. The monoisotopic (exact) mass is 184 g/mol. The molecule has 3 heteroatoms. The van der Waals surface area contributed by atoms with Crippen molar-refractivity contribution < 1.29 is 4.79 Å². The number of primary amides is 1. The largest absolute Gasteiger partial charge is 0.370 e. The van der Waals surface area contributed by atoms with Crippen LogP contribution in [-0.4, -0.2) is 29.4 Å². The number of hydrogen-bond donors (Lipinski definition) is 1. The molecule has 0 aromatic heterocycles. The van der Waals surface area contributed by atoms with E-state index in [9.17, 15) is 4.79 Å². The fourth-order valence-electron chi connectivity index (χ4n) is 2.21. The van der Waals surface area contributed by atoms with Crippen LogP contribution in [0.3, 0.4) is 0 Å². The number of nitrogens with two attached hydrogens (primary N) is 1. The summed E-state index contributed by atoms with van der Waals surface area (Å²) in [7, 11) is 0. The molecule has 0 bridgehead atoms. The first-order valence-corrected chi connectivity index (χ1v) is 5.19. The van der Waals surface area contributed by atoms with Crippen LogP contribution in [-0.2, 0) is 4.79 Å². The minimum Gasteiger partial charge on any atom is -0.370 e. The zero-order valence-corrected chi connectivity index (χ0v) is 8.62. The first-order valence-electron chi connectivity index (χ1n) is 5.19. The Labute approximate surface area is 80.3 Å². The molecular formula is C10H20N2O. The van der Waals surface area contributed by atoms with Crippen molar-refractivity contribution in [3.05, 3.63) is 0 Å². The van der Waals surface area contributed by atoms with Crippen molar-refractivity contribution in [1.29, 1.82) is 0 Å². The molecule has 1 amide bonds. The number of nitrogens with zero attached hydrogens (tertiary/aromatic N) is 1. The molecule has 1 aliphatic rings. The van der Waals surface area contributed by atoms with E-state index in [-0.39, 0.29) is 5.91 Å². The Kier molecular flexibility index (Phi) is 3.72. The van der Waals surface area contributed by atoms with Crippen LogP contribution in [0.5, 0.6) is 0 Å². The van der Waals surface area contributed by atoms with Crippen molar-refractivity contribution >= 4 is 5.91 Å². The van der Waals surface area contributed by atoms with Gasteiger partial charge in [-0.1, -0.05) is 6.92 Å². The van der Waals surface area contributed by atoms with Crippen molar-refractivity contribution in [2.45, 2.75) is 51.6 Å². The van der Waals surface area contributed by atoms with Crippen LogP contribution in [0.1, 0.15) is 39.5 Å². The number of carbonyl (C=O) groups is 1. The van der Waals surface area contributed by atoms with Crippen LogP contribution in [0.15, 0.2) is 0 Å². The molecule has 3 nitrogen and oxygen atoms in total. The van der Waals surface area contributed by atoms with E-state index in [1.807, 2.05) is 0 Å². The van der Waals surface area contributed by atoms with Crippen molar-refractivity contribution in [3.63, 3.8) is 0 Å². The summed E-state index contributed by atoms with van der Waals surface area (Å²) in [5.74, 6) is -0.186. The van der Waals surface area contributed by atoms with Crippen molar-refractivity contribution in [3.8, 4) is 0 Å². The van der Waals surface area contributed by atoms with Gasteiger partial charge >= 0.3 is 0 Å². The minimum absolute atomic E-state index is 0.186. The summed E-state index contributed by atoms with van der Waals surface area (Å²) in [5.41, 5.74) is 5.14. The van der Waals surface area contributed by atoms with E-state index >= 15 is 0 Å². The third-order valence-corrected chi connectivity index (χ3v) is 3.04. The molecule has 1 fully saturated rings. The Bertz CT molecular complexity index is 182. The summed E-state index contributed by atoms with van der Waals surface area (Å²) < 4.78 is 0. The summed E-state index contributed by atoms with van der Waals surface area (Å²) in [6.07, 6.45) is 4.22. The average molecular weight is 184 g/mol. The topological polar surface area (TPSA) is 46.3 Å². The summed E-state index contributed by atoms with van der Waals surface area (Å²) in [6, 6.07) is 1.30. The summed E-state index contributed by atoms with van der Waals surface area (Å²) in [4.78, 5) is 13.1. The van der Waals surface area contributed by atoms with Crippen LogP contribution >= 0.6 is 0 Å². The molecule has 2 N–H and O–H groups in total. The highest BCUT2D eigenvalue weighted by Crippen LogP contribution is 2.25. The Hall–Kier alpha value is -0.570. The lowest BCUT2D eigenvalue weighted by atomic mass is 10.1. The zero-order valence-electron chi connectivity index (χ0n) is 8.62. The Morgan fingerprint density at radius 2 is 2.23 bits per heavy atom. The lowest BCUT2D eigenvalue weighted by molar-refractivity contribution is -0.118. The molecule has 76 valence electrons. The normalized spacial score (nSPS) is 29.4. The highest BCUT2D eigenvalue weighted by atomic mass is 16.1. The van der Waals surface area contributed by atoms with Gasteiger partial charge < -0.3 is 5.73 Å². The van der Waals surface area contributed by atoms with Crippen LogP contribution in [0.2, 0.25) is 0 Å². The molecule has 13 heavy (non-hydrogen) atoms. The zero-order chi connectivity index (χ0) is 9.84. The molecule has 0 aromatic carbocycles. The Balaban J connectivity index is 2.40. The van der Waals surface area contributed by atoms with Crippen LogP contribution in [0.4, 0.5) is 0 Å². The minimum atomic E-state index is -0.186. The Morgan fingerprint density at radius 3 is 2.77 bits per heavy atom.